The van der Waals surface area contributed by atoms with Crippen LogP contribution in [0.4, 0.5) is 10.5 Å². The van der Waals surface area contributed by atoms with Crippen LogP contribution >= 0.6 is 11.3 Å². The lowest BCUT2D eigenvalue weighted by molar-refractivity contribution is 0.142. The van der Waals surface area contributed by atoms with Crippen LogP contribution in [0, 0.1) is 0 Å². The van der Waals surface area contributed by atoms with E-state index < -0.39 is 0 Å². The number of urea groups is 1. The van der Waals surface area contributed by atoms with Crippen molar-refractivity contribution in [1.82, 2.24) is 24.4 Å². The van der Waals surface area contributed by atoms with Gasteiger partial charge in [-0.25, -0.2) is 9.78 Å². The van der Waals surface area contributed by atoms with Crippen molar-refractivity contribution in [3.8, 4) is 16.3 Å². The second-order valence-corrected chi connectivity index (χ2v) is 9.62. The highest BCUT2D eigenvalue weighted by Gasteiger charge is 2.22. The third-order valence-electron chi connectivity index (χ3n) is 6.29. The van der Waals surface area contributed by atoms with Crippen LogP contribution in [0.15, 0.2) is 59.4 Å². The molecule has 9 nitrogen and oxygen atoms in total. The zero-order valence-corrected chi connectivity index (χ0v) is 21.1. The summed E-state index contributed by atoms with van der Waals surface area (Å²) in [6, 6.07) is 17.0. The number of aryl methyl sites for hydroxylation is 1. The molecule has 2 aromatic carbocycles. The van der Waals surface area contributed by atoms with Gasteiger partial charge in [0.1, 0.15) is 10.8 Å². The summed E-state index contributed by atoms with van der Waals surface area (Å²) in [5.41, 5.74) is 3.46. The molecule has 0 saturated carbocycles. The smallest absolute Gasteiger partial charge is 0.321 e. The minimum Gasteiger partial charge on any atom is -0.497 e. The zero-order chi connectivity index (χ0) is 25.1. The molecule has 0 atom stereocenters. The van der Waals surface area contributed by atoms with Crippen LogP contribution in [0.3, 0.4) is 0 Å². The van der Waals surface area contributed by atoms with Crippen molar-refractivity contribution in [3.05, 3.63) is 76.2 Å². The van der Waals surface area contributed by atoms with Crippen LogP contribution in [0.1, 0.15) is 18.2 Å². The summed E-state index contributed by atoms with van der Waals surface area (Å²) in [4.78, 5) is 34.7. The fourth-order valence-electron chi connectivity index (χ4n) is 4.15. The monoisotopic (exact) mass is 504 g/mol. The molecule has 3 heterocycles. The topological polar surface area (TPSA) is 92.1 Å². The van der Waals surface area contributed by atoms with Gasteiger partial charge in [-0.3, -0.25) is 9.69 Å². The molecule has 1 saturated heterocycles. The van der Waals surface area contributed by atoms with Gasteiger partial charge < -0.3 is 15.0 Å². The van der Waals surface area contributed by atoms with Crippen LogP contribution < -0.4 is 15.6 Å². The number of aromatic nitrogens is 3. The fourth-order valence-corrected chi connectivity index (χ4v) is 5.08. The summed E-state index contributed by atoms with van der Waals surface area (Å²) in [6.45, 7) is 5.31. The maximum atomic E-state index is 12.7. The number of carbonyl (C=O) groups excluding carboxylic acids is 1. The SMILES string of the molecule is CCc1ccc(NC(=O)N2CCN(Cc3cc(=O)n4nc(-c5ccc(OC)cc5)sc4n3)CC2)cc1. The molecule has 1 N–H and O–H groups in total. The van der Waals surface area contributed by atoms with Gasteiger partial charge in [-0.1, -0.05) is 30.4 Å². The first-order valence-electron chi connectivity index (χ1n) is 11.9. The van der Waals surface area contributed by atoms with Gasteiger partial charge >= 0.3 is 6.03 Å². The number of nitrogens with one attached hydrogen (secondary N) is 1. The highest BCUT2D eigenvalue weighted by molar-refractivity contribution is 7.19. The number of methoxy groups -OCH3 is 1. The number of amides is 2. The molecule has 10 heteroatoms. The number of benzene rings is 2. The molecule has 4 aromatic rings. The Morgan fingerprint density at radius 1 is 1.06 bits per heavy atom. The summed E-state index contributed by atoms with van der Waals surface area (Å²) in [6.07, 6.45) is 0.970. The fraction of sp³-hybridized carbons (Fsp3) is 0.308. The number of hydrogen-bond acceptors (Lipinski definition) is 7. The molecule has 0 bridgehead atoms. The van der Waals surface area contributed by atoms with Crippen LogP contribution in [-0.4, -0.2) is 63.7 Å². The Kier molecular flexibility index (Phi) is 6.97. The van der Waals surface area contributed by atoms with Crippen molar-refractivity contribution in [2.24, 2.45) is 0 Å². The number of fused-ring (bicyclic) bond motifs is 1. The first-order valence-corrected chi connectivity index (χ1v) is 12.8. The van der Waals surface area contributed by atoms with E-state index in [1.54, 1.807) is 13.2 Å². The molecule has 1 aliphatic rings. The number of rotatable bonds is 6. The van der Waals surface area contributed by atoms with Gasteiger partial charge in [-0.05, 0) is 48.4 Å². The molecule has 2 amide bonds. The van der Waals surface area contributed by atoms with Gasteiger partial charge in [-0.2, -0.15) is 9.61 Å². The quantitative estimate of drug-likeness (QED) is 0.430. The van der Waals surface area contributed by atoms with Crippen LogP contribution in [0.2, 0.25) is 0 Å². The zero-order valence-electron chi connectivity index (χ0n) is 20.3. The number of anilines is 1. The Bertz CT molecular complexity index is 1410. The summed E-state index contributed by atoms with van der Waals surface area (Å²) in [5.74, 6) is 0.764. The van der Waals surface area contributed by atoms with Crippen LogP contribution in [0.5, 0.6) is 5.75 Å². The summed E-state index contributed by atoms with van der Waals surface area (Å²) < 4.78 is 6.56. The minimum absolute atomic E-state index is 0.0904. The van der Waals surface area contributed by atoms with E-state index in [2.05, 4.69) is 22.2 Å². The molecule has 1 aliphatic heterocycles. The lowest BCUT2D eigenvalue weighted by atomic mass is 10.1. The predicted octanol–water partition coefficient (Wildman–Crippen LogP) is 3.74. The number of hydrogen-bond donors (Lipinski definition) is 1. The lowest BCUT2D eigenvalue weighted by Crippen LogP contribution is -2.49. The summed E-state index contributed by atoms with van der Waals surface area (Å²) in [7, 11) is 1.62. The second-order valence-electron chi connectivity index (χ2n) is 8.66. The molecular formula is C26H28N6O3S. The van der Waals surface area contributed by atoms with E-state index in [1.165, 1.54) is 21.4 Å². The van der Waals surface area contributed by atoms with Gasteiger partial charge in [0.05, 0.1) is 12.8 Å². The molecule has 0 aliphatic carbocycles. The van der Waals surface area contributed by atoms with Gasteiger partial charge in [0.15, 0.2) is 0 Å². The normalized spacial score (nSPS) is 14.2. The van der Waals surface area contributed by atoms with Gasteiger partial charge in [0.2, 0.25) is 4.96 Å². The summed E-state index contributed by atoms with van der Waals surface area (Å²) >= 11 is 1.38. The Morgan fingerprint density at radius 3 is 2.44 bits per heavy atom. The predicted molar refractivity (Wildman–Crippen MR) is 141 cm³/mol. The van der Waals surface area contributed by atoms with Crippen LogP contribution in [-0.2, 0) is 13.0 Å². The minimum atomic E-state index is -0.196. The van der Waals surface area contributed by atoms with Crippen molar-refractivity contribution in [2.75, 3.05) is 38.6 Å². The Balaban J connectivity index is 1.21. The number of carbonyl (C=O) groups is 1. The maximum Gasteiger partial charge on any atom is 0.321 e. The van der Waals surface area contributed by atoms with Crippen molar-refractivity contribution in [2.45, 2.75) is 19.9 Å². The number of ether oxygens (including phenoxy) is 1. The molecule has 0 unspecified atom stereocenters. The average Bonchev–Trinajstić information content (AvgIpc) is 3.34. The van der Waals surface area contributed by atoms with Crippen LogP contribution in [0.25, 0.3) is 15.5 Å². The molecular weight excluding hydrogens is 476 g/mol. The Labute approximate surface area is 213 Å². The molecule has 5 rings (SSSR count). The molecule has 0 spiro atoms. The maximum absolute atomic E-state index is 12.7. The largest absolute Gasteiger partial charge is 0.497 e. The van der Waals surface area contributed by atoms with Gasteiger partial charge in [0.25, 0.3) is 5.56 Å². The number of piperazine rings is 1. The van der Waals surface area contributed by atoms with Gasteiger partial charge in [0, 0.05) is 50.0 Å². The molecule has 186 valence electrons. The van der Waals surface area contributed by atoms with E-state index in [9.17, 15) is 9.59 Å². The molecule has 0 radical (unpaired) electrons. The van der Waals surface area contributed by atoms with E-state index in [0.29, 0.717) is 43.4 Å². The Morgan fingerprint density at radius 2 is 1.78 bits per heavy atom. The Hall–Kier alpha value is -3.76. The van der Waals surface area contributed by atoms with Crippen molar-refractivity contribution < 1.29 is 9.53 Å². The highest BCUT2D eigenvalue weighted by atomic mass is 32.1. The average molecular weight is 505 g/mol. The van der Waals surface area contributed by atoms with E-state index in [-0.39, 0.29) is 11.6 Å². The van der Waals surface area contributed by atoms with E-state index in [1.807, 2.05) is 53.4 Å². The van der Waals surface area contributed by atoms with Crippen molar-refractivity contribution >= 4 is 28.0 Å². The first-order chi connectivity index (χ1) is 17.5. The third-order valence-corrected chi connectivity index (χ3v) is 7.25. The van der Waals surface area contributed by atoms with Crippen molar-refractivity contribution in [3.63, 3.8) is 0 Å². The summed E-state index contributed by atoms with van der Waals surface area (Å²) in [5, 5.41) is 8.16. The molecule has 2 aromatic heterocycles. The van der Waals surface area contributed by atoms with E-state index in [4.69, 9.17) is 9.72 Å². The van der Waals surface area contributed by atoms with Crippen molar-refractivity contribution in [1.29, 1.82) is 0 Å². The number of nitrogens with zero attached hydrogens (tertiary/aromatic N) is 5. The standard InChI is InChI=1S/C26H28N6O3S/c1-3-18-4-8-20(9-5-18)27-25(34)31-14-12-30(13-15-31)17-21-16-23(33)32-26(28-21)36-24(29-32)19-6-10-22(35-2)11-7-19/h4-11,16H,3,12-15,17H2,1-2H3,(H,27,34). The highest BCUT2D eigenvalue weighted by Crippen LogP contribution is 2.26. The van der Waals surface area contributed by atoms with Gasteiger partial charge in [-0.15, -0.1) is 0 Å². The van der Waals surface area contributed by atoms with E-state index in [0.717, 1.165) is 28.4 Å². The second kappa shape index (κ2) is 10.5. The third kappa shape index (κ3) is 5.24. The lowest BCUT2D eigenvalue weighted by Gasteiger charge is -2.34. The molecule has 36 heavy (non-hydrogen) atoms. The molecule has 1 fully saturated rings. The first kappa shape index (κ1) is 24.0. The van der Waals surface area contributed by atoms with E-state index >= 15 is 0 Å².